The molecule has 0 aliphatic carbocycles. The molecule has 0 saturated heterocycles. The van der Waals surface area contributed by atoms with Gasteiger partial charge in [-0.05, 0) is 48.6 Å². The molecular formula is C10H12INO2. The molecule has 0 spiro atoms. The first-order valence-corrected chi connectivity index (χ1v) is 5.40. The first kappa shape index (κ1) is 11.3. The number of ether oxygens (including phenoxy) is 1. The Morgan fingerprint density at radius 2 is 2.07 bits per heavy atom. The molecule has 4 heteroatoms. The fraction of sp³-hybridized carbons (Fsp3) is 0.300. The monoisotopic (exact) mass is 305 g/mol. The molecule has 0 aliphatic rings. The highest BCUT2D eigenvalue weighted by Crippen LogP contribution is 2.19. The van der Waals surface area contributed by atoms with E-state index in [9.17, 15) is 4.79 Å². The van der Waals surface area contributed by atoms with Crippen molar-refractivity contribution in [1.82, 2.24) is 5.32 Å². The van der Waals surface area contributed by atoms with Crippen LogP contribution in [0.15, 0.2) is 24.3 Å². The van der Waals surface area contributed by atoms with E-state index in [1.165, 1.54) is 0 Å². The number of para-hydroxylation sites is 1. The number of carbonyl (C=O) groups excluding carboxylic acids is 1. The lowest BCUT2D eigenvalue weighted by Crippen LogP contribution is -2.32. The molecule has 1 amide bonds. The number of halogens is 1. The van der Waals surface area contributed by atoms with E-state index >= 15 is 0 Å². The lowest BCUT2D eigenvalue weighted by Gasteiger charge is -2.09. The zero-order valence-electron chi connectivity index (χ0n) is 8.08. The van der Waals surface area contributed by atoms with Crippen LogP contribution in [0, 0.1) is 3.57 Å². The minimum atomic E-state index is -0.413. The second kappa shape index (κ2) is 5.19. The van der Waals surface area contributed by atoms with E-state index in [2.05, 4.69) is 27.9 Å². The van der Waals surface area contributed by atoms with Crippen molar-refractivity contribution in [1.29, 1.82) is 0 Å². The maximum Gasteiger partial charge on any atom is 0.412 e. The third-order valence-corrected chi connectivity index (χ3v) is 2.34. The molecule has 0 aliphatic heterocycles. The summed E-state index contributed by atoms with van der Waals surface area (Å²) in [7, 11) is 0. The normalized spacial score (nSPS) is 10.0. The Balaban J connectivity index is 2.61. The molecule has 0 unspecified atom stereocenters. The average molecular weight is 305 g/mol. The van der Waals surface area contributed by atoms with Crippen LogP contribution >= 0.6 is 22.6 Å². The van der Waals surface area contributed by atoms with Crippen LogP contribution in [-0.4, -0.2) is 12.1 Å². The van der Waals surface area contributed by atoms with Crippen molar-refractivity contribution < 1.29 is 9.53 Å². The Kier molecular flexibility index (Phi) is 4.19. The van der Waals surface area contributed by atoms with Gasteiger partial charge < -0.3 is 10.1 Å². The van der Waals surface area contributed by atoms with Gasteiger partial charge in [-0.3, -0.25) is 0 Å². The Bertz CT molecular complexity index is 326. The quantitative estimate of drug-likeness (QED) is 0.853. The first-order valence-electron chi connectivity index (χ1n) is 4.32. The third kappa shape index (κ3) is 3.53. The molecule has 3 nitrogen and oxygen atoms in total. The van der Waals surface area contributed by atoms with Crippen LogP contribution in [0.3, 0.4) is 0 Å². The number of hydrogen-bond acceptors (Lipinski definition) is 2. The largest absolute Gasteiger partial charge is 0.412 e. The molecule has 76 valence electrons. The van der Waals surface area contributed by atoms with Crippen molar-refractivity contribution in [2.75, 3.05) is 0 Å². The minimum Gasteiger partial charge on any atom is -0.409 e. The summed E-state index contributed by atoms with van der Waals surface area (Å²) in [6.07, 6.45) is -0.413. The number of rotatable bonds is 2. The van der Waals surface area contributed by atoms with Crippen molar-refractivity contribution in [3.05, 3.63) is 27.8 Å². The molecule has 0 saturated carbocycles. The summed E-state index contributed by atoms with van der Waals surface area (Å²) in [6, 6.07) is 7.47. The second-order valence-electron chi connectivity index (χ2n) is 3.12. The summed E-state index contributed by atoms with van der Waals surface area (Å²) in [5, 5.41) is 2.65. The summed E-state index contributed by atoms with van der Waals surface area (Å²) >= 11 is 2.12. The fourth-order valence-electron chi connectivity index (χ4n) is 0.893. The van der Waals surface area contributed by atoms with Gasteiger partial charge in [0.25, 0.3) is 0 Å². The first-order chi connectivity index (χ1) is 6.59. The van der Waals surface area contributed by atoms with Gasteiger partial charge in [-0.1, -0.05) is 12.1 Å². The Morgan fingerprint density at radius 3 is 2.64 bits per heavy atom. The van der Waals surface area contributed by atoms with E-state index in [0.29, 0.717) is 5.75 Å². The van der Waals surface area contributed by atoms with Crippen molar-refractivity contribution in [2.45, 2.75) is 19.9 Å². The van der Waals surface area contributed by atoms with E-state index in [0.717, 1.165) is 3.57 Å². The van der Waals surface area contributed by atoms with Gasteiger partial charge in [0.15, 0.2) is 0 Å². The highest BCUT2D eigenvalue weighted by Gasteiger charge is 2.07. The Hall–Kier alpha value is -0.780. The van der Waals surface area contributed by atoms with Gasteiger partial charge in [-0.15, -0.1) is 0 Å². The minimum absolute atomic E-state index is 0.0869. The predicted octanol–water partition coefficient (Wildman–Crippen LogP) is 2.79. The van der Waals surface area contributed by atoms with Crippen LogP contribution in [0.4, 0.5) is 4.79 Å². The molecule has 0 heterocycles. The molecule has 1 rings (SSSR count). The van der Waals surface area contributed by atoms with Gasteiger partial charge >= 0.3 is 6.09 Å². The molecule has 0 radical (unpaired) electrons. The topological polar surface area (TPSA) is 38.3 Å². The lowest BCUT2D eigenvalue weighted by molar-refractivity contribution is 0.197. The van der Waals surface area contributed by atoms with Crippen LogP contribution in [-0.2, 0) is 0 Å². The number of benzene rings is 1. The van der Waals surface area contributed by atoms with E-state index in [1.807, 2.05) is 32.0 Å². The number of amides is 1. The van der Waals surface area contributed by atoms with Gasteiger partial charge in [0.1, 0.15) is 5.75 Å². The maximum atomic E-state index is 11.2. The van der Waals surface area contributed by atoms with E-state index in [-0.39, 0.29) is 6.04 Å². The molecule has 0 fully saturated rings. The summed E-state index contributed by atoms with van der Waals surface area (Å²) in [4.78, 5) is 11.2. The number of hydrogen-bond donors (Lipinski definition) is 1. The lowest BCUT2D eigenvalue weighted by atomic mass is 10.3. The molecule has 1 aromatic carbocycles. The average Bonchev–Trinajstić information content (AvgIpc) is 2.07. The predicted molar refractivity (Wildman–Crippen MR) is 63.5 cm³/mol. The summed E-state index contributed by atoms with van der Waals surface area (Å²) in [5.74, 6) is 0.589. The van der Waals surface area contributed by atoms with Crippen LogP contribution < -0.4 is 10.1 Å². The molecule has 0 atom stereocenters. The zero-order valence-corrected chi connectivity index (χ0v) is 10.2. The Labute approximate surface area is 97.0 Å². The van der Waals surface area contributed by atoms with Crippen LogP contribution in [0.5, 0.6) is 5.75 Å². The molecule has 1 aromatic rings. The zero-order chi connectivity index (χ0) is 10.6. The molecule has 1 N–H and O–H groups in total. The van der Waals surface area contributed by atoms with Gasteiger partial charge in [-0.2, -0.15) is 0 Å². The Morgan fingerprint density at radius 1 is 1.43 bits per heavy atom. The van der Waals surface area contributed by atoms with E-state index < -0.39 is 6.09 Å². The van der Waals surface area contributed by atoms with Gasteiger partial charge in [-0.25, -0.2) is 4.79 Å². The van der Waals surface area contributed by atoms with Gasteiger partial charge in [0.2, 0.25) is 0 Å². The third-order valence-electron chi connectivity index (χ3n) is 1.45. The molecular weight excluding hydrogens is 293 g/mol. The summed E-state index contributed by atoms with van der Waals surface area (Å²) < 4.78 is 6.02. The van der Waals surface area contributed by atoms with Crippen molar-refractivity contribution >= 4 is 28.7 Å². The van der Waals surface area contributed by atoms with Crippen molar-refractivity contribution in [2.24, 2.45) is 0 Å². The molecule has 14 heavy (non-hydrogen) atoms. The van der Waals surface area contributed by atoms with E-state index in [4.69, 9.17) is 4.74 Å². The molecule has 0 aromatic heterocycles. The van der Waals surface area contributed by atoms with Crippen molar-refractivity contribution in [3.63, 3.8) is 0 Å². The standard InChI is InChI=1S/C10H12INO2/c1-7(2)12-10(13)14-9-6-4-3-5-8(9)11/h3-7H,1-2H3,(H,12,13). The molecule has 0 bridgehead atoms. The smallest absolute Gasteiger partial charge is 0.409 e. The van der Waals surface area contributed by atoms with Crippen LogP contribution in [0.1, 0.15) is 13.8 Å². The van der Waals surface area contributed by atoms with Gasteiger partial charge in [0.05, 0.1) is 3.57 Å². The summed E-state index contributed by atoms with van der Waals surface area (Å²) in [6.45, 7) is 3.77. The highest BCUT2D eigenvalue weighted by molar-refractivity contribution is 14.1. The number of carbonyl (C=O) groups is 1. The second-order valence-corrected chi connectivity index (χ2v) is 4.28. The van der Waals surface area contributed by atoms with E-state index in [1.54, 1.807) is 6.07 Å². The van der Waals surface area contributed by atoms with Gasteiger partial charge in [0, 0.05) is 6.04 Å². The van der Waals surface area contributed by atoms with Crippen LogP contribution in [0.2, 0.25) is 0 Å². The fourth-order valence-corrected chi connectivity index (χ4v) is 1.39. The highest BCUT2D eigenvalue weighted by atomic mass is 127. The van der Waals surface area contributed by atoms with Crippen molar-refractivity contribution in [3.8, 4) is 5.75 Å². The maximum absolute atomic E-state index is 11.2. The van der Waals surface area contributed by atoms with Crippen LogP contribution in [0.25, 0.3) is 0 Å². The summed E-state index contributed by atoms with van der Waals surface area (Å²) in [5.41, 5.74) is 0. The number of nitrogens with one attached hydrogen (secondary N) is 1. The SMILES string of the molecule is CC(C)NC(=O)Oc1ccccc1I.